The quantitative estimate of drug-likeness (QED) is 0.297. The average Bonchev–Trinajstić information content (AvgIpc) is 2.70. The van der Waals surface area contributed by atoms with E-state index in [1.165, 1.54) is 61.8 Å². The zero-order valence-electron chi connectivity index (χ0n) is 15.1. The molecule has 0 aromatic heterocycles. The molecular weight excluding hydrogens is 312 g/mol. The number of aryl methyl sites for hydroxylation is 1. The van der Waals surface area contributed by atoms with Gasteiger partial charge in [-0.05, 0) is 61.8 Å². The van der Waals surface area contributed by atoms with Gasteiger partial charge >= 0.3 is 0 Å². The number of rotatable bonds is 4. The fourth-order valence-electron chi connectivity index (χ4n) is 4.38. The molecule has 0 saturated heterocycles. The Bertz CT molecular complexity index is 1180. The molecule has 126 valence electrons. The van der Waals surface area contributed by atoms with Crippen LogP contribution in [0.1, 0.15) is 25.3 Å². The third-order valence-corrected chi connectivity index (χ3v) is 5.59. The lowest BCUT2D eigenvalue weighted by molar-refractivity contribution is 0.797. The lowest BCUT2D eigenvalue weighted by atomic mass is 9.85. The summed E-state index contributed by atoms with van der Waals surface area (Å²) in [6, 6.07) is 29.2. The second-order valence-electron chi connectivity index (χ2n) is 7.24. The summed E-state index contributed by atoms with van der Waals surface area (Å²) in [4.78, 5) is 0. The molecule has 0 saturated carbocycles. The van der Waals surface area contributed by atoms with Crippen molar-refractivity contribution in [3.8, 4) is 11.1 Å². The molecule has 0 spiro atoms. The van der Waals surface area contributed by atoms with Crippen molar-refractivity contribution in [1.29, 1.82) is 0 Å². The Kier molecular flexibility index (Phi) is 3.64. The van der Waals surface area contributed by atoms with Gasteiger partial charge in [-0.3, -0.25) is 0 Å². The Hall–Kier alpha value is -2.86. The van der Waals surface area contributed by atoms with Crippen LogP contribution in [0.4, 0.5) is 0 Å². The summed E-state index contributed by atoms with van der Waals surface area (Å²) in [6.07, 6.45) is 3.59. The van der Waals surface area contributed by atoms with Crippen molar-refractivity contribution < 1.29 is 0 Å². The summed E-state index contributed by atoms with van der Waals surface area (Å²) in [5.41, 5.74) is 4.23. The van der Waals surface area contributed by atoms with Gasteiger partial charge in [0.05, 0.1) is 0 Å². The highest BCUT2D eigenvalue weighted by Crippen LogP contribution is 2.41. The van der Waals surface area contributed by atoms with Crippen LogP contribution in [0.3, 0.4) is 0 Å². The van der Waals surface area contributed by atoms with Crippen molar-refractivity contribution in [2.45, 2.75) is 26.2 Å². The molecule has 0 fully saturated rings. The van der Waals surface area contributed by atoms with E-state index >= 15 is 0 Å². The van der Waals surface area contributed by atoms with E-state index in [4.69, 9.17) is 0 Å². The first kappa shape index (κ1) is 15.4. The molecule has 0 nitrogen and oxygen atoms in total. The van der Waals surface area contributed by atoms with E-state index in [1.807, 2.05) is 0 Å². The van der Waals surface area contributed by atoms with E-state index in [0.717, 1.165) is 6.42 Å². The zero-order valence-corrected chi connectivity index (χ0v) is 15.1. The summed E-state index contributed by atoms with van der Waals surface area (Å²) >= 11 is 0. The second-order valence-corrected chi connectivity index (χ2v) is 7.24. The van der Waals surface area contributed by atoms with E-state index in [9.17, 15) is 0 Å². The molecule has 5 rings (SSSR count). The molecule has 0 bridgehead atoms. The molecular formula is C26H22. The standard InChI is InChI=1S/C26H22/c1-2-3-8-21-17-22-14-13-19-11-7-12-20-15-16-23(26(22)25(19)20)24(21)18-9-5-4-6-10-18/h4-7,9-17H,2-3,8H2,1H3. The third kappa shape index (κ3) is 2.29. The highest BCUT2D eigenvalue weighted by molar-refractivity contribution is 6.25. The van der Waals surface area contributed by atoms with Crippen LogP contribution in [0.2, 0.25) is 0 Å². The van der Waals surface area contributed by atoms with E-state index in [2.05, 4.69) is 85.8 Å². The first-order chi connectivity index (χ1) is 12.9. The van der Waals surface area contributed by atoms with Gasteiger partial charge < -0.3 is 0 Å². The van der Waals surface area contributed by atoms with Crippen LogP contribution in [0, 0.1) is 0 Å². The van der Waals surface area contributed by atoms with Crippen molar-refractivity contribution in [1.82, 2.24) is 0 Å². The number of unbranched alkanes of at least 4 members (excludes halogenated alkanes) is 1. The van der Waals surface area contributed by atoms with E-state index in [1.54, 1.807) is 0 Å². The lowest BCUT2D eigenvalue weighted by Crippen LogP contribution is -1.95. The summed E-state index contributed by atoms with van der Waals surface area (Å²) in [6.45, 7) is 2.27. The molecule has 0 aliphatic rings. The number of benzene rings is 5. The van der Waals surface area contributed by atoms with Crippen LogP contribution in [0.15, 0.2) is 78.9 Å². The topological polar surface area (TPSA) is 0 Å². The molecule has 0 radical (unpaired) electrons. The Labute approximate surface area is 154 Å². The molecule has 5 aromatic rings. The highest BCUT2D eigenvalue weighted by atomic mass is 14.2. The maximum absolute atomic E-state index is 2.44. The van der Waals surface area contributed by atoms with Crippen molar-refractivity contribution in [3.05, 3.63) is 84.4 Å². The van der Waals surface area contributed by atoms with Gasteiger partial charge in [0.25, 0.3) is 0 Å². The van der Waals surface area contributed by atoms with Crippen LogP contribution < -0.4 is 0 Å². The molecule has 0 atom stereocenters. The first-order valence-corrected chi connectivity index (χ1v) is 9.61. The molecule has 0 aliphatic carbocycles. The van der Waals surface area contributed by atoms with Crippen molar-refractivity contribution >= 4 is 32.3 Å². The van der Waals surface area contributed by atoms with Gasteiger partial charge in [-0.2, -0.15) is 0 Å². The fourth-order valence-corrected chi connectivity index (χ4v) is 4.38. The van der Waals surface area contributed by atoms with Crippen LogP contribution in [-0.2, 0) is 6.42 Å². The summed E-state index contributed by atoms with van der Waals surface area (Å²) in [5.74, 6) is 0. The van der Waals surface area contributed by atoms with E-state index in [-0.39, 0.29) is 0 Å². The summed E-state index contributed by atoms with van der Waals surface area (Å²) in [7, 11) is 0. The highest BCUT2D eigenvalue weighted by Gasteiger charge is 2.15. The minimum atomic E-state index is 1.14. The van der Waals surface area contributed by atoms with Gasteiger partial charge in [0, 0.05) is 0 Å². The lowest BCUT2D eigenvalue weighted by Gasteiger charge is -2.18. The van der Waals surface area contributed by atoms with Gasteiger partial charge in [-0.25, -0.2) is 0 Å². The molecule has 5 aromatic carbocycles. The van der Waals surface area contributed by atoms with Crippen LogP contribution in [0.5, 0.6) is 0 Å². The summed E-state index contributed by atoms with van der Waals surface area (Å²) < 4.78 is 0. The maximum atomic E-state index is 2.44. The molecule has 0 unspecified atom stereocenters. The van der Waals surface area contributed by atoms with Crippen LogP contribution >= 0.6 is 0 Å². The van der Waals surface area contributed by atoms with Crippen LogP contribution in [0.25, 0.3) is 43.4 Å². The Morgan fingerprint density at radius 1 is 0.654 bits per heavy atom. The van der Waals surface area contributed by atoms with Crippen molar-refractivity contribution in [3.63, 3.8) is 0 Å². The Morgan fingerprint density at radius 3 is 2.15 bits per heavy atom. The Morgan fingerprint density at radius 2 is 1.38 bits per heavy atom. The third-order valence-electron chi connectivity index (χ3n) is 5.59. The van der Waals surface area contributed by atoms with Crippen LogP contribution in [-0.4, -0.2) is 0 Å². The molecule has 26 heavy (non-hydrogen) atoms. The smallest absolute Gasteiger partial charge is 0.00204 e. The predicted octanol–water partition coefficient (Wildman–Crippen LogP) is 7.59. The SMILES string of the molecule is CCCCc1cc2ccc3cccc4ccc(c1-c1ccccc1)c2c34. The van der Waals surface area contributed by atoms with Gasteiger partial charge in [-0.15, -0.1) is 0 Å². The number of hydrogen-bond acceptors (Lipinski definition) is 0. The number of hydrogen-bond donors (Lipinski definition) is 0. The van der Waals surface area contributed by atoms with Gasteiger partial charge in [0.1, 0.15) is 0 Å². The first-order valence-electron chi connectivity index (χ1n) is 9.61. The molecule has 0 amide bonds. The van der Waals surface area contributed by atoms with Gasteiger partial charge in [0.15, 0.2) is 0 Å². The summed E-state index contributed by atoms with van der Waals surface area (Å²) in [5, 5.41) is 8.25. The largest absolute Gasteiger partial charge is 0.0654 e. The average molecular weight is 334 g/mol. The maximum Gasteiger partial charge on any atom is -0.00204 e. The van der Waals surface area contributed by atoms with Gasteiger partial charge in [0.2, 0.25) is 0 Å². The zero-order chi connectivity index (χ0) is 17.5. The monoisotopic (exact) mass is 334 g/mol. The molecule has 0 heterocycles. The van der Waals surface area contributed by atoms with E-state index < -0.39 is 0 Å². The molecule has 0 N–H and O–H groups in total. The van der Waals surface area contributed by atoms with Gasteiger partial charge in [-0.1, -0.05) is 92.2 Å². The minimum Gasteiger partial charge on any atom is -0.0654 e. The normalized spacial score (nSPS) is 11.7. The fraction of sp³-hybridized carbons (Fsp3) is 0.154. The van der Waals surface area contributed by atoms with E-state index in [0.29, 0.717) is 0 Å². The molecule has 0 heteroatoms. The van der Waals surface area contributed by atoms with Crippen molar-refractivity contribution in [2.75, 3.05) is 0 Å². The minimum absolute atomic E-state index is 1.14. The molecule has 0 aliphatic heterocycles. The predicted molar refractivity (Wildman–Crippen MR) is 114 cm³/mol. The second kappa shape index (κ2) is 6.14. The van der Waals surface area contributed by atoms with Crippen molar-refractivity contribution in [2.24, 2.45) is 0 Å². The Balaban J connectivity index is 1.95.